The second kappa shape index (κ2) is 4.05. The Morgan fingerprint density at radius 1 is 1.35 bits per heavy atom. The summed E-state index contributed by atoms with van der Waals surface area (Å²) in [5, 5.41) is 10.4. The van der Waals surface area contributed by atoms with Gasteiger partial charge in [0.2, 0.25) is 0 Å². The van der Waals surface area contributed by atoms with Gasteiger partial charge in [-0.2, -0.15) is 0 Å². The van der Waals surface area contributed by atoms with Gasteiger partial charge in [-0.05, 0) is 25.2 Å². The van der Waals surface area contributed by atoms with Gasteiger partial charge in [-0.15, -0.1) is 0 Å². The summed E-state index contributed by atoms with van der Waals surface area (Å²) < 4.78 is 0. The highest BCUT2D eigenvalue weighted by molar-refractivity contribution is 5.25. The van der Waals surface area contributed by atoms with Crippen LogP contribution < -0.4 is 0 Å². The summed E-state index contributed by atoms with van der Waals surface area (Å²) in [5.41, 5.74) is 0.919. The van der Waals surface area contributed by atoms with Crippen LogP contribution in [0.5, 0.6) is 0 Å². The molecule has 1 unspecified atom stereocenters. The van der Waals surface area contributed by atoms with E-state index in [1.165, 1.54) is 0 Å². The van der Waals surface area contributed by atoms with Crippen molar-refractivity contribution >= 4 is 0 Å². The summed E-state index contributed by atoms with van der Waals surface area (Å²) in [7, 11) is 0. The molecular weight excluding hydrogens is 212 g/mol. The van der Waals surface area contributed by atoms with Crippen LogP contribution in [0.1, 0.15) is 51.9 Å². The molecule has 3 heteroatoms. The molecule has 0 radical (unpaired) electrons. The Hall–Kier alpha value is -0.960. The van der Waals surface area contributed by atoms with Gasteiger partial charge in [-0.3, -0.25) is 9.97 Å². The first-order chi connectivity index (χ1) is 7.85. The third-order valence-electron chi connectivity index (χ3n) is 3.78. The van der Waals surface area contributed by atoms with E-state index < -0.39 is 5.60 Å². The number of hydrogen-bond acceptors (Lipinski definition) is 3. The van der Waals surface area contributed by atoms with Crippen LogP contribution in [0.3, 0.4) is 0 Å². The largest absolute Gasteiger partial charge is 0.383 e. The zero-order chi connectivity index (χ0) is 12.7. The molecule has 17 heavy (non-hydrogen) atoms. The zero-order valence-corrected chi connectivity index (χ0v) is 11.2. The number of rotatable bonds is 4. The van der Waals surface area contributed by atoms with Crippen LogP contribution in [0.15, 0.2) is 12.4 Å². The van der Waals surface area contributed by atoms with E-state index in [0.29, 0.717) is 5.92 Å². The molecule has 0 amide bonds. The van der Waals surface area contributed by atoms with E-state index >= 15 is 0 Å². The molecule has 1 heterocycles. The number of aliphatic hydroxyl groups is 1. The molecule has 3 nitrogen and oxygen atoms in total. The monoisotopic (exact) mass is 234 g/mol. The predicted molar refractivity (Wildman–Crippen MR) is 67.5 cm³/mol. The molecule has 0 saturated heterocycles. The molecular formula is C14H22N2O. The minimum atomic E-state index is -0.756. The van der Waals surface area contributed by atoms with Crippen molar-refractivity contribution in [2.45, 2.75) is 52.6 Å². The molecule has 1 fully saturated rings. The van der Waals surface area contributed by atoms with E-state index in [4.69, 9.17) is 0 Å². The maximum atomic E-state index is 10.4. The van der Waals surface area contributed by atoms with E-state index in [9.17, 15) is 5.11 Å². The quantitative estimate of drug-likeness (QED) is 0.871. The second-order valence-corrected chi connectivity index (χ2v) is 6.25. The fraction of sp³-hybridized carbons (Fsp3) is 0.714. The summed E-state index contributed by atoms with van der Waals surface area (Å²) in [6.45, 7) is 8.54. The van der Waals surface area contributed by atoms with E-state index in [2.05, 4.69) is 37.7 Å². The highest BCUT2D eigenvalue weighted by Gasteiger charge is 2.62. The standard InChI is InChI=1S/C14H22N2O/c1-10(2)5-6-11-7-15-8-12(16-11)14(17)9-13(14,3)4/h7-8,10,17H,5-6,9H2,1-4H3. The van der Waals surface area contributed by atoms with Gasteiger partial charge >= 0.3 is 0 Å². The first-order valence-corrected chi connectivity index (χ1v) is 6.39. The van der Waals surface area contributed by atoms with Crippen molar-refractivity contribution in [1.82, 2.24) is 9.97 Å². The first-order valence-electron chi connectivity index (χ1n) is 6.39. The Bertz CT molecular complexity index is 414. The molecule has 1 atom stereocenters. The van der Waals surface area contributed by atoms with Gasteiger partial charge in [0.1, 0.15) is 5.60 Å². The fourth-order valence-electron chi connectivity index (χ4n) is 2.20. The zero-order valence-electron chi connectivity index (χ0n) is 11.2. The van der Waals surface area contributed by atoms with Crippen molar-refractivity contribution in [3.05, 3.63) is 23.8 Å². The van der Waals surface area contributed by atoms with Crippen LogP contribution in [0, 0.1) is 11.3 Å². The van der Waals surface area contributed by atoms with Crippen molar-refractivity contribution < 1.29 is 5.11 Å². The van der Waals surface area contributed by atoms with Crippen LogP contribution in [-0.2, 0) is 12.0 Å². The Labute approximate surface area is 103 Å². The van der Waals surface area contributed by atoms with E-state index in [1.54, 1.807) is 6.20 Å². The fourth-order valence-corrected chi connectivity index (χ4v) is 2.20. The van der Waals surface area contributed by atoms with Gasteiger partial charge in [0.05, 0.1) is 17.6 Å². The lowest BCUT2D eigenvalue weighted by molar-refractivity contribution is 0.103. The third-order valence-corrected chi connectivity index (χ3v) is 3.78. The molecule has 0 spiro atoms. The Balaban J connectivity index is 2.13. The predicted octanol–water partition coefficient (Wildman–Crippen LogP) is 2.68. The third kappa shape index (κ3) is 2.34. The molecule has 2 rings (SSSR count). The van der Waals surface area contributed by atoms with Gasteiger partial charge in [0, 0.05) is 11.6 Å². The number of aromatic nitrogens is 2. The highest BCUT2D eigenvalue weighted by atomic mass is 16.3. The lowest BCUT2D eigenvalue weighted by Gasteiger charge is -2.13. The lowest BCUT2D eigenvalue weighted by atomic mass is 10.0. The van der Waals surface area contributed by atoms with Crippen molar-refractivity contribution in [3.63, 3.8) is 0 Å². The molecule has 94 valence electrons. The van der Waals surface area contributed by atoms with Crippen molar-refractivity contribution in [1.29, 1.82) is 0 Å². The van der Waals surface area contributed by atoms with Crippen LogP contribution in [0.4, 0.5) is 0 Å². The van der Waals surface area contributed by atoms with Gasteiger partial charge in [-0.25, -0.2) is 0 Å². The average Bonchev–Trinajstić information content (AvgIpc) is 2.77. The Morgan fingerprint density at radius 3 is 2.53 bits per heavy atom. The number of nitrogens with zero attached hydrogens (tertiary/aromatic N) is 2. The molecule has 1 aromatic rings. The van der Waals surface area contributed by atoms with Gasteiger partial charge in [0.15, 0.2) is 0 Å². The van der Waals surface area contributed by atoms with E-state index in [0.717, 1.165) is 30.7 Å². The minimum absolute atomic E-state index is 0.0572. The van der Waals surface area contributed by atoms with Crippen LogP contribution in [0.2, 0.25) is 0 Å². The maximum Gasteiger partial charge on any atom is 0.114 e. The summed E-state index contributed by atoms with van der Waals surface area (Å²) >= 11 is 0. The summed E-state index contributed by atoms with van der Waals surface area (Å²) in [6.07, 6.45) is 6.34. The van der Waals surface area contributed by atoms with E-state index in [1.807, 2.05) is 6.20 Å². The first kappa shape index (κ1) is 12.5. The molecule has 0 aliphatic heterocycles. The van der Waals surface area contributed by atoms with Crippen molar-refractivity contribution in [2.75, 3.05) is 0 Å². The number of aryl methyl sites for hydroxylation is 1. The second-order valence-electron chi connectivity index (χ2n) is 6.25. The van der Waals surface area contributed by atoms with Crippen molar-refractivity contribution in [3.8, 4) is 0 Å². The van der Waals surface area contributed by atoms with Crippen molar-refractivity contribution in [2.24, 2.45) is 11.3 Å². The van der Waals surface area contributed by atoms with Gasteiger partial charge in [0.25, 0.3) is 0 Å². The summed E-state index contributed by atoms with van der Waals surface area (Å²) in [5.74, 6) is 0.668. The van der Waals surface area contributed by atoms with Crippen LogP contribution >= 0.6 is 0 Å². The SMILES string of the molecule is CC(C)CCc1cncc(C2(O)CC2(C)C)n1. The molecule has 1 aliphatic carbocycles. The summed E-state index contributed by atoms with van der Waals surface area (Å²) in [6, 6.07) is 0. The molecule has 0 bridgehead atoms. The topological polar surface area (TPSA) is 46.0 Å². The van der Waals surface area contributed by atoms with Gasteiger partial charge < -0.3 is 5.11 Å². The average molecular weight is 234 g/mol. The molecule has 1 aromatic heterocycles. The van der Waals surface area contributed by atoms with Crippen LogP contribution in [0.25, 0.3) is 0 Å². The molecule has 1 aliphatic rings. The number of hydrogen-bond donors (Lipinski definition) is 1. The Kier molecular flexibility index (Phi) is 2.98. The van der Waals surface area contributed by atoms with Crippen LogP contribution in [-0.4, -0.2) is 15.1 Å². The lowest BCUT2D eigenvalue weighted by Crippen LogP contribution is -2.16. The minimum Gasteiger partial charge on any atom is -0.383 e. The van der Waals surface area contributed by atoms with E-state index in [-0.39, 0.29) is 5.41 Å². The normalized spacial score (nSPS) is 26.2. The maximum absolute atomic E-state index is 10.4. The van der Waals surface area contributed by atoms with Gasteiger partial charge in [-0.1, -0.05) is 27.7 Å². The molecule has 0 aromatic carbocycles. The summed E-state index contributed by atoms with van der Waals surface area (Å²) in [4.78, 5) is 8.77. The smallest absolute Gasteiger partial charge is 0.114 e. The highest BCUT2D eigenvalue weighted by Crippen LogP contribution is 2.61. The Morgan fingerprint density at radius 2 is 2.00 bits per heavy atom. The molecule has 1 saturated carbocycles. The molecule has 1 N–H and O–H groups in total.